The molecule has 0 aliphatic carbocycles. The van der Waals surface area contributed by atoms with Gasteiger partial charge in [0, 0.05) is 0 Å². The van der Waals surface area contributed by atoms with Crippen molar-refractivity contribution in [3.63, 3.8) is 0 Å². The van der Waals surface area contributed by atoms with Gasteiger partial charge in [0.1, 0.15) is 5.75 Å². The highest BCUT2D eigenvalue weighted by Gasteiger charge is 2.03. The summed E-state index contributed by atoms with van der Waals surface area (Å²) in [5.41, 5.74) is 0.951. The van der Waals surface area contributed by atoms with Crippen LogP contribution in [0.2, 0.25) is 0 Å². The molecule has 2 aromatic rings. The van der Waals surface area contributed by atoms with Crippen LogP contribution in [0.1, 0.15) is 15.2 Å². The normalized spacial score (nSPS) is 10.8. The molecule has 0 saturated heterocycles. The van der Waals surface area contributed by atoms with Crippen molar-refractivity contribution in [3.05, 3.63) is 56.7 Å². The second-order valence-electron chi connectivity index (χ2n) is 3.57. The summed E-state index contributed by atoms with van der Waals surface area (Å²) < 4.78 is 6.02. The zero-order chi connectivity index (χ0) is 13.0. The van der Waals surface area contributed by atoms with Crippen molar-refractivity contribution in [1.29, 1.82) is 0 Å². The Morgan fingerprint density at radius 1 is 1.39 bits per heavy atom. The lowest BCUT2D eigenvalue weighted by Gasteiger charge is -2.03. The molecule has 18 heavy (non-hydrogen) atoms. The molecule has 0 unspecified atom stereocenters. The summed E-state index contributed by atoms with van der Waals surface area (Å²) in [4.78, 5) is 12.5. The number of hydrogen-bond donors (Lipinski definition) is 0. The molecule has 0 aliphatic heterocycles. The Morgan fingerprint density at radius 2 is 2.22 bits per heavy atom. The Bertz CT molecular complexity index is 573. The summed E-state index contributed by atoms with van der Waals surface area (Å²) in [5, 5.41) is 1.89. The van der Waals surface area contributed by atoms with Crippen molar-refractivity contribution in [2.45, 2.75) is 0 Å². The summed E-state index contributed by atoms with van der Waals surface area (Å²) in [6.45, 7) is 0. The predicted molar refractivity (Wildman–Crippen MR) is 78.4 cm³/mol. The molecule has 0 bridgehead atoms. The number of thiophene rings is 1. The van der Waals surface area contributed by atoms with E-state index in [2.05, 4.69) is 15.9 Å². The quantitative estimate of drug-likeness (QED) is 0.615. The number of benzene rings is 1. The molecule has 1 heterocycles. The number of hydrogen-bond acceptors (Lipinski definition) is 3. The second kappa shape index (κ2) is 5.98. The lowest BCUT2D eigenvalue weighted by molar-refractivity contribution is 0.105. The highest BCUT2D eigenvalue weighted by atomic mass is 79.9. The molecule has 1 aromatic heterocycles. The van der Waals surface area contributed by atoms with Crippen LogP contribution in [0, 0.1) is 0 Å². The molecule has 0 saturated carbocycles. The number of ether oxygens (including phenoxy) is 1. The number of rotatable bonds is 4. The summed E-state index contributed by atoms with van der Waals surface area (Å²) in [6, 6.07) is 9.37. The minimum absolute atomic E-state index is 0.0249. The van der Waals surface area contributed by atoms with Crippen molar-refractivity contribution >= 4 is 39.1 Å². The third kappa shape index (κ3) is 3.09. The molecule has 0 N–H and O–H groups in total. The van der Waals surface area contributed by atoms with E-state index in [0.717, 1.165) is 20.7 Å². The van der Waals surface area contributed by atoms with Gasteiger partial charge in [-0.25, -0.2) is 0 Å². The van der Waals surface area contributed by atoms with Gasteiger partial charge in [0.05, 0.1) is 16.5 Å². The van der Waals surface area contributed by atoms with E-state index in [0.29, 0.717) is 0 Å². The first-order valence-electron chi connectivity index (χ1n) is 5.30. The summed E-state index contributed by atoms with van der Waals surface area (Å²) in [7, 11) is 1.62. The highest BCUT2D eigenvalue weighted by Crippen LogP contribution is 2.26. The monoisotopic (exact) mass is 322 g/mol. The molecule has 0 atom stereocenters. The molecule has 92 valence electrons. The SMILES string of the molecule is COc1ccc(/C=C/C(=O)c2cccs2)cc1Br. The first-order chi connectivity index (χ1) is 8.70. The van der Waals surface area contributed by atoms with Crippen LogP contribution in [0.15, 0.2) is 46.3 Å². The maximum Gasteiger partial charge on any atom is 0.195 e. The van der Waals surface area contributed by atoms with Crippen molar-refractivity contribution in [3.8, 4) is 5.75 Å². The van der Waals surface area contributed by atoms with Crippen LogP contribution in [0.3, 0.4) is 0 Å². The standard InChI is InChI=1S/C14H11BrO2S/c1-17-13-7-5-10(9-11(13)15)4-6-12(16)14-3-2-8-18-14/h2-9H,1H3/b6-4+. The molecule has 0 aliphatic rings. The van der Waals surface area contributed by atoms with Crippen molar-refractivity contribution in [1.82, 2.24) is 0 Å². The largest absolute Gasteiger partial charge is 0.496 e. The lowest BCUT2D eigenvalue weighted by Crippen LogP contribution is -1.89. The van der Waals surface area contributed by atoms with E-state index in [1.165, 1.54) is 11.3 Å². The third-order valence-electron chi connectivity index (χ3n) is 2.37. The third-order valence-corrected chi connectivity index (χ3v) is 3.87. The number of methoxy groups -OCH3 is 1. The van der Waals surface area contributed by atoms with Gasteiger partial charge < -0.3 is 4.74 Å². The Kier molecular flexibility index (Phi) is 4.33. The molecule has 0 spiro atoms. The van der Waals surface area contributed by atoms with Crippen LogP contribution in [0.25, 0.3) is 6.08 Å². The number of carbonyl (C=O) groups is 1. The number of carbonyl (C=O) groups excluding carboxylic acids is 1. The summed E-state index contributed by atoms with van der Waals surface area (Å²) in [5.74, 6) is 0.800. The van der Waals surface area contributed by atoms with Gasteiger partial charge >= 0.3 is 0 Å². The molecular formula is C14H11BrO2S. The van der Waals surface area contributed by atoms with E-state index in [-0.39, 0.29) is 5.78 Å². The Balaban J connectivity index is 2.14. The Labute approximate surface area is 118 Å². The zero-order valence-corrected chi connectivity index (χ0v) is 12.1. The van der Waals surface area contributed by atoms with Gasteiger partial charge in [-0.3, -0.25) is 4.79 Å². The van der Waals surface area contributed by atoms with Gasteiger partial charge in [-0.2, -0.15) is 0 Å². The van der Waals surface area contributed by atoms with E-state index >= 15 is 0 Å². The summed E-state index contributed by atoms with van der Waals surface area (Å²) >= 11 is 4.86. The molecule has 0 amide bonds. The van der Waals surface area contributed by atoms with E-state index in [1.54, 1.807) is 19.3 Å². The number of allylic oxidation sites excluding steroid dienone is 1. The van der Waals surface area contributed by atoms with Gasteiger partial charge in [-0.1, -0.05) is 18.2 Å². The fourth-order valence-corrected chi connectivity index (χ4v) is 2.66. The minimum Gasteiger partial charge on any atom is -0.496 e. The zero-order valence-electron chi connectivity index (χ0n) is 9.72. The molecular weight excluding hydrogens is 312 g/mol. The van der Waals surface area contributed by atoms with Crippen LogP contribution in [0.4, 0.5) is 0 Å². The second-order valence-corrected chi connectivity index (χ2v) is 5.37. The fraction of sp³-hybridized carbons (Fsp3) is 0.0714. The average Bonchev–Trinajstić information content (AvgIpc) is 2.90. The molecule has 2 rings (SSSR count). The van der Waals surface area contributed by atoms with Crippen LogP contribution in [-0.4, -0.2) is 12.9 Å². The molecule has 4 heteroatoms. The highest BCUT2D eigenvalue weighted by molar-refractivity contribution is 9.10. The van der Waals surface area contributed by atoms with Gasteiger partial charge in [0.2, 0.25) is 0 Å². The average molecular weight is 323 g/mol. The van der Waals surface area contributed by atoms with Gasteiger partial charge in [-0.05, 0) is 51.1 Å². The van der Waals surface area contributed by atoms with Crippen LogP contribution < -0.4 is 4.74 Å². The predicted octanol–water partition coefficient (Wildman–Crippen LogP) is 4.42. The Hall–Kier alpha value is -1.39. The molecule has 1 aromatic carbocycles. The maximum absolute atomic E-state index is 11.8. The van der Waals surface area contributed by atoms with Crippen molar-refractivity contribution < 1.29 is 9.53 Å². The Morgan fingerprint density at radius 3 is 2.83 bits per heavy atom. The first-order valence-corrected chi connectivity index (χ1v) is 6.97. The lowest BCUT2D eigenvalue weighted by atomic mass is 10.2. The number of ketones is 1. The minimum atomic E-state index is 0.0249. The van der Waals surface area contributed by atoms with Gasteiger partial charge in [0.25, 0.3) is 0 Å². The van der Waals surface area contributed by atoms with Crippen LogP contribution in [-0.2, 0) is 0 Å². The van der Waals surface area contributed by atoms with E-state index < -0.39 is 0 Å². The molecule has 0 radical (unpaired) electrons. The topological polar surface area (TPSA) is 26.3 Å². The number of halogens is 1. The van der Waals surface area contributed by atoms with Crippen LogP contribution >= 0.6 is 27.3 Å². The van der Waals surface area contributed by atoms with Crippen LogP contribution in [0.5, 0.6) is 5.75 Å². The van der Waals surface area contributed by atoms with Gasteiger partial charge in [-0.15, -0.1) is 11.3 Å². The van der Waals surface area contributed by atoms with Crippen molar-refractivity contribution in [2.24, 2.45) is 0 Å². The van der Waals surface area contributed by atoms with E-state index in [4.69, 9.17) is 4.74 Å². The van der Waals surface area contributed by atoms with Gasteiger partial charge in [0.15, 0.2) is 5.78 Å². The van der Waals surface area contributed by atoms with E-state index in [9.17, 15) is 4.79 Å². The fourth-order valence-electron chi connectivity index (χ4n) is 1.46. The smallest absolute Gasteiger partial charge is 0.195 e. The first kappa shape index (κ1) is 13.1. The van der Waals surface area contributed by atoms with E-state index in [1.807, 2.05) is 35.7 Å². The van der Waals surface area contributed by atoms with Crippen molar-refractivity contribution in [2.75, 3.05) is 7.11 Å². The molecule has 2 nitrogen and oxygen atoms in total. The maximum atomic E-state index is 11.8. The summed E-state index contributed by atoms with van der Waals surface area (Å²) in [6.07, 6.45) is 3.38. The molecule has 0 fully saturated rings.